The van der Waals surface area contributed by atoms with Crippen LogP contribution in [0.3, 0.4) is 0 Å². The lowest BCUT2D eigenvalue weighted by Gasteiger charge is -2.10. The van der Waals surface area contributed by atoms with Gasteiger partial charge in [0.05, 0.1) is 0 Å². The van der Waals surface area contributed by atoms with Crippen LogP contribution in [0.15, 0.2) is 0 Å². The van der Waals surface area contributed by atoms with Crippen molar-refractivity contribution in [1.82, 2.24) is 9.36 Å². The van der Waals surface area contributed by atoms with Gasteiger partial charge in [-0.1, -0.05) is 13.8 Å². The lowest BCUT2D eigenvalue weighted by molar-refractivity contribution is 0.608. The molecule has 4 heteroatoms. The highest BCUT2D eigenvalue weighted by molar-refractivity contribution is 7.05. The number of hydrogen-bond acceptors (Lipinski definition) is 4. The van der Waals surface area contributed by atoms with Gasteiger partial charge >= 0.3 is 0 Å². The Kier molecular flexibility index (Phi) is 3.17. The van der Waals surface area contributed by atoms with Gasteiger partial charge in [-0.2, -0.15) is 4.37 Å². The van der Waals surface area contributed by atoms with E-state index in [0.29, 0.717) is 5.92 Å². The number of nitrogens with zero attached hydrogens (tertiary/aromatic N) is 2. The largest absolute Gasteiger partial charge is 0.327 e. The minimum atomic E-state index is 0.155. The van der Waals surface area contributed by atoms with Gasteiger partial charge in [-0.05, 0) is 18.5 Å². The van der Waals surface area contributed by atoms with Gasteiger partial charge in [0, 0.05) is 18.4 Å². The SMILES string of the molecule is CCc1nsc(C(C)C(C)N)n1. The molecule has 0 aliphatic heterocycles. The highest BCUT2D eigenvalue weighted by Gasteiger charge is 2.14. The van der Waals surface area contributed by atoms with E-state index < -0.39 is 0 Å². The number of hydrogen-bond donors (Lipinski definition) is 1. The molecule has 68 valence electrons. The smallest absolute Gasteiger partial charge is 0.142 e. The fourth-order valence-corrected chi connectivity index (χ4v) is 1.72. The van der Waals surface area contributed by atoms with Gasteiger partial charge in [0.15, 0.2) is 0 Å². The molecule has 0 saturated heterocycles. The molecular formula is C8H15N3S. The average molecular weight is 185 g/mol. The second-order valence-electron chi connectivity index (χ2n) is 3.05. The second-order valence-corrected chi connectivity index (χ2v) is 3.83. The molecule has 0 bridgehead atoms. The maximum atomic E-state index is 5.76. The van der Waals surface area contributed by atoms with Crippen LogP contribution in [0.4, 0.5) is 0 Å². The summed E-state index contributed by atoms with van der Waals surface area (Å²) in [5.74, 6) is 1.25. The third-order valence-electron chi connectivity index (χ3n) is 1.98. The maximum Gasteiger partial charge on any atom is 0.142 e. The summed E-state index contributed by atoms with van der Waals surface area (Å²) >= 11 is 1.47. The first-order valence-electron chi connectivity index (χ1n) is 4.23. The Labute approximate surface area is 77.2 Å². The van der Waals surface area contributed by atoms with Crippen LogP contribution >= 0.6 is 11.5 Å². The predicted octanol–water partition coefficient (Wildman–Crippen LogP) is 1.55. The van der Waals surface area contributed by atoms with Gasteiger partial charge < -0.3 is 5.73 Å². The predicted molar refractivity (Wildman–Crippen MR) is 51.4 cm³/mol. The van der Waals surface area contributed by atoms with E-state index in [0.717, 1.165) is 17.3 Å². The Hall–Kier alpha value is -0.480. The zero-order valence-corrected chi connectivity index (χ0v) is 8.56. The van der Waals surface area contributed by atoms with E-state index in [4.69, 9.17) is 5.73 Å². The zero-order valence-electron chi connectivity index (χ0n) is 7.74. The van der Waals surface area contributed by atoms with E-state index >= 15 is 0 Å². The molecular weight excluding hydrogens is 170 g/mol. The van der Waals surface area contributed by atoms with E-state index in [1.807, 2.05) is 6.92 Å². The first-order valence-corrected chi connectivity index (χ1v) is 5.00. The summed E-state index contributed by atoms with van der Waals surface area (Å²) in [6.45, 7) is 6.14. The van der Waals surface area contributed by atoms with E-state index in [1.54, 1.807) is 0 Å². The van der Waals surface area contributed by atoms with E-state index in [2.05, 4.69) is 23.2 Å². The lowest BCUT2D eigenvalue weighted by Crippen LogP contribution is -2.22. The van der Waals surface area contributed by atoms with Crippen molar-refractivity contribution in [2.24, 2.45) is 5.73 Å². The van der Waals surface area contributed by atoms with E-state index in [1.165, 1.54) is 11.5 Å². The Bertz CT molecular complexity index is 244. The Morgan fingerprint density at radius 1 is 1.50 bits per heavy atom. The topological polar surface area (TPSA) is 51.8 Å². The minimum Gasteiger partial charge on any atom is -0.327 e. The van der Waals surface area contributed by atoms with Crippen molar-refractivity contribution in [3.8, 4) is 0 Å². The summed E-state index contributed by atoms with van der Waals surface area (Å²) in [7, 11) is 0. The Balaban J connectivity index is 2.74. The first-order chi connectivity index (χ1) is 5.65. The van der Waals surface area contributed by atoms with E-state index in [-0.39, 0.29) is 6.04 Å². The average Bonchev–Trinajstić information content (AvgIpc) is 2.50. The maximum absolute atomic E-state index is 5.76. The molecule has 0 spiro atoms. The summed E-state index contributed by atoms with van der Waals surface area (Å²) in [5, 5.41) is 1.06. The van der Waals surface area contributed by atoms with Crippen LogP contribution in [-0.4, -0.2) is 15.4 Å². The van der Waals surface area contributed by atoms with Gasteiger partial charge in [0.2, 0.25) is 0 Å². The van der Waals surface area contributed by atoms with Crippen molar-refractivity contribution in [3.05, 3.63) is 10.8 Å². The highest BCUT2D eigenvalue weighted by atomic mass is 32.1. The molecule has 0 radical (unpaired) electrons. The zero-order chi connectivity index (χ0) is 9.14. The molecule has 1 rings (SSSR count). The summed E-state index contributed by atoms with van der Waals surface area (Å²) in [4.78, 5) is 4.38. The van der Waals surface area contributed by atoms with Crippen LogP contribution in [0.2, 0.25) is 0 Å². The molecule has 1 heterocycles. The van der Waals surface area contributed by atoms with Gasteiger partial charge in [0.1, 0.15) is 10.8 Å². The van der Waals surface area contributed by atoms with Crippen LogP contribution in [-0.2, 0) is 6.42 Å². The normalized spacial score (nSPS) is 16.0. The first kappa shape index (κ1) is 9.61. The molecule has 0 fully saturated rings. The number of rotatable bonds is 3. The molecule has 1 aromatic rings. The second kappa shape index (κ2) is 3.96. The molecule has 12 heavy (non-hydrogen) atoms. The quantitative estimate of drug-likeness (QED) is 0.777. The summed E-state index contributed by atoms with van der Waals surface area (Å²) < 4.78 is 4.21. The lowest BCUT2D eigenvalue weighted by atomic mass is 10.1. The summed E-state index contributed by atoms with van der Waals surface area (Å²) in [5.41, 5.74) is 5.76. The van der Waals surface area contributed by atoms with Crippen LogP contribution in [0.25, 0.3) is 0 Å². The third kappa shape index (κ3) is 2.01. The minimum absolute atomic E-state index is 0.155. The summed E-state index contributed by atoms with van der Waals surface area (Å²) in [6.07, 6.45) is 0.905. The van der Waals surface area contributed by atoms with Crippen molar-refractivity contribution in [1.29, 1.82) is 0 Å². The van der Waals surface area contributed by atoms with Crippen molar-refractivity contribution in [2.45, 2.75) is 39.2 Å². The van der Waals surface area contributed by atoms with Crippen LogP contribution < -0.4 is 5.73 Å². The molecule has 1 aromatic heterocycles. The highest BCUT2D eigenvalue weighted by Crippen LogP contribution is 2.19. The standard InChI is InChI=1S/C8H15N3S/c1-4-7-10-8(12-11-7)5(2)6(3)9/h5-6H,4,9H2,1-3H3. The molecule has 0 aliphatic rings. The van der Waals surface area contributed by atoms with Gasteiger partial charge in [-0.15, -0.1) is 0 Å². The molecule has 2 atom stereocenters. The van der Waals surface area contributed by atoms with Crippen LogP contribution in [0.1, 0.15) is 37.5 Å². The van der Waals surface area contributed by atoms with E-state index in [9.17, 15) is 0 Å². The van der Waals surface area contributed by atoms with Crippen molar-refractivity contribution < 1.29 is 0 Å². The molecule has 2 unspecified atom stereocenters. The van der Waals surface area contributed by atoms with Crippen LogP contribution in [0, 0.1) is 0 Å². The Morgan fingerprint density at radius 2 is 2.17 bits per heavy atom. The van der Waals surface area contributed by atoms with Gasteiger partial charge in [-0.25, -0.2) is 4.98 Å². The fourth-order valence-electron chi connectivity index (χ4n) is 0.821. The number of nitrogens with two attached hydrogens (primary N) is 1. The summed E-state index contributed by atoms with van der Waals surface area (Å²) in [6, 6.07) is 0.155. The van der Waals surface area contributed by atoms with Crippen molar-refractivity contribution in [2.75, 3.05) is 0 Å². The van der Waals surface area contributed by atoms with Crippen molar-refractivity contribution in [3.63, 3.8) is 0 Å². The Morgan fingerprint density at radius 3 is 2.58 bits per heavy atom. The van der Waals surface area contributed by atoms with Gasteiger partial charge in [0.25, 0.3) is 0 Å². The number of aromatic nitrogens is 2. The van der Waals surface area contributed by atoms with Gasteiger partial charge in [-0.3, -0.25) is 0 Å². The number of aryl methyl sites for hydroxylation is 1. The molecule has 3 nitrogen and oxygen atoms in total. The van der Waals surface area contributed by atoms with Crippen LogP contribution in [0.5, 0.6) is 0 Å². The molecule has 0 amide bonds. The monoisotopic (exact) mass is 185 g/mol. The molecule has 0 saturated carbocycles. The molecule has 2 N–H and O–H groups in total. The fraction of sp³-hybridized carbons (Fsp3) is 0.750. The molecule has 0 aromatic carbocycles. The van der Waals surface area contributed by atoms with Crippen molar-refractivity contribution >= 4 is 11.5 Å². The molecule has 0 aliphatic carbocycles. The third-order valence-corrected chi connectivity index (χ3v) is 2.93.